The molecular weight excluding hydrogens is 418 g/mol. The molecule has 2 heterocycles. The number of rotatable bonds is 9. The molecule has 6 nitrogen and oxygen atoms in total. The predicted octanol–water partition coefficient (Wildman–Crippen LogP) is 3.09. The Morgan fingerprint density at radius 3 is 2.57 bits per heavy atom. The summed E-state index contributed by atoms with van der Waals surface area (Å²) in [5.41, 5.74) is 0.780. The molecule has 3 rings (SSSR count). The van der Waals surface area contributed by atoms with Crippen molar-refractivity contribution in [3.05, 3.63) is 58.3 Å². The number of hydrogen-bond acceptors (Lipinski definition) is 5. The van der Waals surface area contributed by atoms with Crippen LogP contribution in [0, 0.1) is 5.92 Å². The predicted molar refractivity (Wildman–Crippen MR) is 122 cm³/mol. The van der Waals surface area contributed by atoms with E-state index >= 15 is 0 Å². The molecule has 1 aromatic heterocycles. The molecule has 1 saturated heterocycles. The van der Waals surface area contributed by atoms with Gasteiger partial charge in [-0.15, -0.1) is 11.3 Å². The van der Waals surface area contributed by atoms with Crippen LogP contribution in [0.4, 0.5) is 0 Å². The first-order valence-electron chi connectivity index (χ1n) is 10.3. The minimum absolute atomic E-state index is 0.125. The summed E-state index contributed by atoms with van der Waals surface area (Å²) in [6.45, 7) is 5.93. The van der Waals surface area contributed by atoms with E-state index in [0.717, 1.165) is 38.0 Å². The zero-order valence-corrected chi connectivity index (χ0v) is 18.8. The van der Waals surface area contributed by atoms with Gasteiger partial charge in [-0.1, -0.05) is 25.1 Å². The average molecular weight is 448 g/mol. The van der Waals surface area contributed by atoms with Crippen molar-refractivity contribution in [3.63, 3.8) is 0 Å². The summed E-state index contributed by atoms with van der Waals surface area (Å²) in [5, 5.41) is 5.10. The van der Waals surface area contributed by atoms with Crippen molar-refractivity contribution in [2.75, 3.05) is 26.2 Å². The highest BCUT2D eigenvalue weighted by molar-refractivity contribution is 7.89. The number of piperidine rings is 1. The molecule has 0 radical (unpaired) electrons. The van der Waals surface area contributed by atoms with Gasteiger partial charge in [-0.2, -0.15) is 0 Å². The first kappa shape index (κ1) is 22.7. The molecule has 8 heteroatoms. The van der Waals surface area contributed by atoms with E-state index in [4.69, 9.17) is 0 Å². The maximum atomic E-state index is 12.1. The maximum absolute atomic E-state index is 12.1. The van der Waals surface area contributed by atoms with Gasteiger partial charge in [0.25, 0.3) is 0 Å². The Balaban J connectivity index is 1.40. The first-order chi connectivity index (χ1) is 14.5. The van der Waals surface area contributed by atoms with Gasteiger partial charge in [0, 0.05) is 30.6 Å². The van der Waals surface area contributed by atoms with Gasteiger partial charge >= 0.3 is 0 Å². The highest BCUT2D eigenvalue weighted by Crippen LogP contribution is 2.20. The summed E-state index contributed by atoms with van der Waals surface area (Å²) >= 11 is 1.80. The summed E-state index contributed by atoms with van der Waals surface area (Å²) in [7, 11) is -3.45. The van der Waals surface area contributed by atoms with Crippen LogP contribution < -0.4 is 10.0 Å². The van der Waals surface area contributed by atoms with Gasteiger partial charge in [0.15, 0.2) is 0 Å². The number of sulfonamides is 1. The van der Waals surface area contributed by atoms with Crippen LogP contribution in [0.3, 0.4) is 0 Å². The number of nitrogens with one attached hydrogen (secondary N) is 2. The summed E-state index contributed by atoms with van der Waals surface area (Å²) in [6.07, 6.45) is 5.39. The van der Waals surface area contributed by atoms with Gasteiger partial charge in [-0.3, -0.25) is 9.69 Å². The molecule has 1 aliphatic heterocycles. The second-order valence-electron chi connectivity index (χ2n) is 7.45. The van der Waals surface area contributed by atoms with E-state index in [2.05, 4.69) is 32.5 Å². The van der Waals surface area contributed by atoms with Crippen LogP contribution in [0.5, 0.6) is 0 Å². The lowest BCUT2D eigenvalue weighted by atomic mass is 9.97. The molecular formula is C22H29N3O3S2. The summed E-state index contributed by atoms with van der Waals surface area (Å²) in [5.74, 6) is 0.387. The van der Waals surface area contributed by atoms with Crippen molar-refractivity contribution in [3.8, 4) is 0 Å². The molecule has 1 aliphatic rings. The van der Waals surface area contributed by atoms with Crippen LogP contribution in [0.25, 0.3) is 6.08 Å². The zero-order chi connectivity index (χ0) is 21.4. The highest BCUT2D eigenvalue weighted by Gasteiger charge is 2.19. The Kier molecular flexibility index (Phi) is 8.21. The van der Waals surface area contributed by atoms with Crippen LogP contribution >= 0.6 is 11.3 Å². The fraction of sp³-hybridized carbons (Fsp3) is 0.409. The Morgan fingerprint density at radius 2 is 1.93 bits per heavy atom. The van der Waals surface area contributed by atoms with E-state index in [-0.39, 0.29) is 10.8 Å². The van der Waals surface area contributed by atoms with Crippen molar-refractivity contribution in [1.29, 1.82) is 0 Å². The van der Waals surface area contributed by atoms with E-state index < -0.39 is 10.0 Å². The fourth-order valence-corrected chi connectivity index (χ4v) is 5.27. The molecule has 0 aliphatic carbocycles. The van der Waals surface area contributed by atoms with Gasteiger partial charge in [0.05, 0.1) is 4.90 Å². The molecule has 0 bridgehead atoms. The number of nitrogens with zero attached hydrogens (tertiary/aromatic N) is 1. The van der Waals surface area contributed by atoms with E-state index in [0.29, 0.717) is 19.0 Å². The lowest BCUT2D eigenvalue weighted by Crippen LogP contribution is -2.37. The lowest BCUT2D eigenvalue weighted by molar-refractivity contribution is -0.116. The summed E-state index contributed by atoms with van der Waals surface area (Å²) < 4.78 is 26.4. The largest absolute Gasteiger partial charge is 0.352 e. The SMILES string of the molecule is CCNS(=O)(=O)c1ccc(/C=C/C(=O)NCC2CCN(Cc3cccs3)CC2)cc1. The van der Waals surface area contributed by atoms with Crippen LogP contribution in [-0.2, 0) is 21.4 Å². The minimum Gasteiger partial charge on any atom is -0.352 e. The Morgan fingerprint density at radius 1 is 1.20 bits per heavy atom. The van der Waals surface area contributed by atoms with Crippen LogP contribution in [0.1, 0.15) is 30.2 Å². The lowest BCUT2D eigenvalue weighted by Gasteiger charge is -2.31. The number of thiophene rings is 1. The molecule has 1 aromatic carbocycles. The summed E-state index contributed by atoms with van der Waals surface area (Å²) in [6, 6.07) is 10.7. The Labute approximate surface area is 183 Å². The zero-order valence-electron chi connectivity index (χ0n) is 17.2. The van der Waals surface area contributed by atoms with E-state index in [1.165, 1.54) is 11.0 Å². The number of carbonyl (C=O) groups excluding carboxylic acids is 1. The van der Waals surface area contributed by atoms with Crippen molar-refractivity contribution in [1.82, 2.24) is 14.9 Å². The first-order valence-corrected chi connectivity index (χ1v) is 12.6. The van der Waals surface area contributed by atoms with Crippen molar-refractivity contribution in [2.45, 2.75) is 31.2 Å². The third-order valence-corrected chi connectivity index (χ3v) is 7.61. The topological polar surface area (TPSA) is 78.5 Å². The van der Waals surface area contributed by atoms with Gasteiger partial charge < -0.3 is 5.32 Å². The quantitative estimate of drug-likeness (QED) is 0.579. The molecule has 0 atom stereocenters. The van der Waals surface area contributed by atoms with Gasteiger partial charge in [0.2, 0.25) is 15.9 Å². The molecule has 162 valence electrons. The van der Waals surface area contributed by atoms with Gasteiger partial charge in [-0.05, 0) is 67.1 Å². The standard InChI is InChI=1S/C22H29N3O3S2/c1-2-24-30(27,28)21-8-5-18(6-9-21)7-10-22(26)23-16-19-11-13-25(14-12-19)17-20-4-3-15-29-20/h3-10,15,19,24H,2,11-14,16-17H2,1H3,(H,23,26)/b10-7+. The average Bonchev–Trinajstić information content (AvgIpc) is 3.25. The van der Waals surface area contributed by atoms with E-state index in [9.17, 15) is 13.2 Å². The number of benzene rings is 1. The molecule has 2 N–H and O–H groups in total. The van der Waals surface area contributed by atoms with Gasteiger partial charge in [0.1, 0.15) is 0 Å². The Bertz CT molecular complexity index is 931. The van der Waals surface area contributed by atoms with Crippen LogP contribution in [0.15, 0.2) is 52.7 Å². The second-order valence-corrected chi connectivity index (χ2v) is 10.2. The van der Waals surface area contributed by atoms with Crippen LogP contribution in [-0.4, -0.2) is 45.4 Å². The minimum atomic E-state index is -3.45. The van der Waals surface area contributed by atoms with Crippen LogP contribution in [0.2, 0.25) is 0 Å². The summed E-state index contributed by atoms with van der Waals surface area (Å²) in [4.78, 5) is 16.2. The molecule has 1 amide bonds. The molecule has 0 saturated carbocycles. The number of carbonyl (C=O) groups is 1. The monoisotopic (exact) mass is 447 g/mol. The molecule has 30 heavy (non-hydrogen) atoms. The van der Waals surface area contributed by atoms with Gasteiger partial charge in [-0.25, -0.2) is 13.1 Å². The molecule has 0 unspecified atom stereocenters. The normalized spacial score (nSPS) is 16.2. The maximum Gasteiger partial charge on any atom is 0.244 e. The highest BCUT2D eigenvalue weighted by atomic mass is 32.2. The van der Waals surface area contributed by atoms with E-state index in [1.54, 1.807) is 48.6 Å². The molecule has 0 spiro atoms. The van der Waals surface area contributed by atoms with Crippen molar-refractivity contribution in [2.24, 2.45) is 5.92 Å². The van der Waals surface area contributed by atoms with Crippen molar-refractivity contribution >= 4 is 33.3 Å². The molecule has 1 fully saturated rings. The van der Waals surface area contributed by atoms with E-state index in [1.807, 2.05) is 0 Å². The third-order valence-electron chi connectivity index (χ3n) is 5.18. The molecule has 2 aromatic rings. The third kappa shape index (κ3) is 6.77. The van der Waals surface area contributed by atoms with Crippen molar-refractivity contribution < 1.29 is 13.2 Å². The Hall–Kier alpha value is -2.00. The number of hydrogen-bond donors (Lipinski definition) is 2. The fourth-order valence-electron chi connectivity index (χ4n) is 3.48. The number of amides is 1. The smallest absolute Gasteiger partial charge is 0.244 e. The number of likely N-dealkylation sites (tertiary alicyclic amines) is 1. The second kappa shape index (κ2) is 10.9.